The van der Waals surface area contributed by atoms with Crippen molar-refractivity contribution in [3.05, 3.63) is 102 Å². The topological polar surface area (TPSA) is 99.2 Å². The van der Waals surface area contributed by atoms with Gasteiger partial charge in [-0.15, -0.1) is 0 Å². The van der Waals surface area contributed by atoms with Crippen LogP contribution in [0.3, 0.4) is 0 Å². The number of hydrogen-bond donors (Lipinski definition) is 0. The minimum absolute atomic E-state index is 0.163. The summed E-state index contributed by atoms with van der Waals surface area (Å²) in [4.78, 5) is 27.3. The Morgan fingerprint density at radius 1 is 0.897 bits per heavy atom. The molecule has 0 radical (unpaired) electrons. The monoisotopic (exact) mass is 551 g/mol. The van der Waals surface area contributed by atoms with E-state index in [4.69, 9.17) is 13.7 Å². The van der Waals surface area contributed by atoms with Gasteiger partial charge in [-0.2, -0.15) is 8.42 Å². The fourth-order valence-electron chi connectivity index (χ4n) is 3.82. The molecule has 3 aromatic rings. The van der Waals surface area contributed by atoms with Gasteiger partial charge < -0.3 is 18.6 Å². The van der Waals surface area contributed by atoms with E-state index in [1.807, 2.05) is 61.5 Å². The van der Waals surface area contributed by atoms with Crippen molar-refractivity contribution in [1.82, 2.24) is 0 Å². The van der Waals surface area contributed by atoms with Gasteiger partial charge in [0.15, 0.2) is 6.10 Å². The molecule has 9 heteroatoms. The summed E-state index contributed by atoms with van der Waals surface area (Å²) in [6.07, 6.45) is 4.35. The average Bonchev–Trinajstić information content (AvgIpc) is 2.92. The van der Waals surface area contributed by atoms with Crippen molar-refractivity contribution in [2.24, 2.45) is 0 Å². The van der Waals surface area contributed by atoms with Gasteiger partial charge in [-0.1, -0.05) is 54.6 Å². The summed E-state index contributed by atoms with van der Waals surface area (Å²) in [5.41, 5.74) is 2.94. The summed E-state index contributed by atoms with van der Waals surface area (Å²) in [7, 11) is -3.60. The number of amides is 1. The van der Waals surface area contributed by atoms with Crippen LogP contribution in [0.25, 0.3) is 6.08 Å². The largest absolute Gasteiger partial charge is 0.464 e. The molecule has 0 saturated carbocycles. The van der Waals surface area contributed by atoms with Crippen LogP contribution in [-0.2, 0) is 30.8 Å². The lowest BCUT2D eigenvalue weighted by Crippen LogP contribution is -2.31. The molecule has 0 aliphatic rings. The van der Waals surface area contributed by atoms with Gasteiger partial charge in [0, 0.05) is 30.8 Å². The van der Waals surface area contributed by atoms with E-state index in [1.165, 1.54) is 0 Å². The summed E-state index contributed by atoms with van der Waals surface area (Å²) < 4.78 is 38.2. The SMILES string of the molecule is CCOC(=O)[C@H](Cc1ccc(N(C/C=C/c2ccc(OS(C)(=O)=O)cc2)C(=O)c2ccccc2)cc1)OCC. The molecule has 0 spiro atoms. The lowest BCUT2D eigenvalue weighted by molar-refractivity contribution is -0.156. The summed E-state index contributed by atoms with van der Waals surface area (Å²) in [5, 5.41) is 0. The van der Waals surface area contributed by atoms with Crippen molar-refractivity contribution in [2.45, 2.75) is 26.4 Å². The Bertz CT molecular complexity index is 1350. The third-order valence-electron chi connectivity index (χ3n) is 5.58. The molecule has 8 nitrogen and oxygen atoms in total. The maximum Gasteiger partial charge on any atom is 0.335 e. The molecule has 0 saturated heterocycles. The predicted molar refractivity (Wildman–Crippen MR) is 151 cm³/mol. The van der Waals surface area contributed by atoms with Crippen molar-refractivity contribution in [3.8, 4) is 5.75 Å². The molecule has 3 aromatic carbocycles. The van der Waals surface area contributed by atoms with E-state index in [-0.39, 0.29) is 18.3 Å². The van der Waals surface area contributed by atoms with Crippen LogP contribution in [0.15, 0.2) is 84.9 Å². The fraction of sp³-hybridized carbons (Fsp3) is 0.267. The number of carbonyl (C=O) groups is 2. The number of ether oxygens (including phenoxy) is 2. The van der Waals surface area contributed by atoms with E-state index in [1.54, 1.807) is 48.2 Å². The maximum atomic E-state index is 13.4. The van der Waals surface area contributed by atoms with Crippen LogP contribution in [0.4, 0.5) is 5.69 Å². The second-order valence-corrected chi connectivity index (χ2v) is 10.2. The molecule has 206 valence electrons. The molecule has 1 atom stereocenters. The average molecular weight is 552 g/mol. The highest BCUT2D eigenvalue weighted by molar-refractivity contribution is 7.86. The highest BCUT2D eigenvalue weighted by Gasteiger charge is 2.21. The Balaban J connectivity index is 1.79. The molecule has 0 fully saturated rings. The van der Waals surface area contributed by atoms with E-state index in [0.29, 0.717) is 30.8 Å². The first-order chi connectivity index (χ1) is 18.7. The molecule has 0 bridgehead atoms. The third kappa shape index (κ3) is 9.38. The van der Waals surface area contributed by atoms with Crippen molar-refractivity contribution in [1.29, 1.82) is 0 Å². The molecule has 3 rings (SSSR count). The first kappa shape index (κ1) is 29.6. The lowest BCUT2D eigenvalue weighted by Gasteiger charge is -2.22. The lowest BCUT2D eigenvalue weighted by atomic mass is 10.1. The first-order valence-corrected chi connectivity index (χ1v) is 14.4. The van der Waals surface area contributed by atoms with Crippen molar-refractivity contribution in [2.75, 3.05) is 30.9 Å². The van der Waals surface area contributed by atoms with Crippen molar-refractivity contribution >= 4 is 33.8 Å². The molecule has 0 heterocycles. The first-order valence-electron chi connectivity index (χ1n) is 12.6. The summed E-state index contributed by atoms with van der Waals surface area (Å²) >= 11 is 0. The minimum Gasteiger partial charge on any atom is -0.464 e. The number of benzene rings is 3. The third-order valence-corrected chi connectivity index (χ3v) is 6.07. The Hall–Kier alpha value is -3.95. The molecule has 0 aliphatic heterocycles. The molecular weight excluding hydrogens is 518 g/mol. The van der Waals surface area contributed by atoms with Gasteiger partial charge in [0.2, 0.25) is 0 Å². The maximum absolute atomic E-state index is 13.4. The predicted octanol–water partition coefficient (Wildman–Crippen LogP) is 4.90. The number of carbonyl (C=O) groups excluding carboxylic acids is 2. The van der Waals surface area contributed by atoms with E-state index >= 15 is 0 Å². The standard InChI is InChI=1S/C30H33NO7S/c1-4-36-28(30(33)37-5-2)22-24-13-17-26(18-14-24)31(29(32)25-11-7-6-8-12-25)21-9-10-23-15-19-27(20-16-23)38-39(3,34)35/h6-20,28H,4-5,21-22H2,1-3H3/b10-9+/t28-/m0/s1. The Kier molecular flexibility index (Phi) is 10.8. The zero-order valence-corrected chi connectivity index (χ0v) is 23.1. The van der Waals surface area contributed by atoms with Gasteiger partial charge in [-0.05, 0) is 61.4 Å². The van der Waals surface area contributed by atoms with Crippen LogP contribution in [0.1, 0.15) is 35.3 Å². The molecule has 0 aliphatic carbocycles. The summed E-state index contributed by atoms with van der Waals surface area (Å²) in [6, 6.07) is 23.0. The van der Waals surface area contributed by atoms with Crippen LogP contribution in [0.2, 0.25) is 0 Å². The molecule has 0 unspecified atom stereocenters. The summed E-state index contributed by atoms with van der Waals surface area (Å²) in [6.45, 7) is 4.54. The molecular formula is C30H33NO7S. The van der Waals surface area contributed by atoms with Crippen LogP contribution < -0.4 is 9.08 Å². The van der Waals surface area contributed by atoms with Gasteiger partial charge in [0.05, 0.1) is 12.9 Å². The minimum atomic E-state index is -3.60. The van der Waals surface area contributed by atoms with Crippen molar-refractivity contribution in [3.63, 3.8) is 0 Å². The Morgan fingerprint density at radius 3 is 2.15 bits per heavy atom. The highest BCUT2D eigenvalue weighted by Crippen LogP contribution is 2.21. The second kappa shape index (κ2) is 14.3. The number of esters is 1. The van der Waals surface area contributed by atoms with E-state index in [0.717, 1.165) is 17.4 Å². The van der Waals surface area contributed by atoms with Gasteiger partial charge in [-0.25, -0.2) is 4.79 Å². The second-order valence-electron chi connectivity index (χ2n) is 8.61. The van der Waals surface area contributed by atoms with Crippen LogP contribution in [0.5, 0.6) is 5.75 Å². The Morgan fingerprint density at radius 2 is 1.56 bits per heavy atom. The van der Waals surface area contributed by atoms with Crippen molar-refractivity contribution < 1.29 is 31.7 Å². The molecule has 0 N–H and O–H groups in total. The zero-order chi connectivity index (χ0) is 28.3. The fourth-order valence-corrected chi connectivity index (χ4v) is 4.28. The van der Waals surface area contributed by atoms with E-state index < -0.39 is 22.2 Å². The quantitative estimate of drug-likeness (QED) is 0.220. The van der Waals surface area contributed by atoms with Crippen LogP contribution in [0, 0.1) is 0 Å². The molecule has 0 aromatic heterocycles. The Labute approximate surface area is 229 Å². The van der Waals surface area contributed by atoms with Gasteiger partial charge in [0.1, 0.15) is 5.75 Å². The number of hydrogen-bond acceptors (Lipinski definition) is 7. The number of anilines is 1. The highest BCUT2D eigenvalue weighted by atomic mass is 32.2. The van der Waals surface area contributed by atoms with Crippen LogP contribution >= 0.6 is 0 Å². The van der Waals surface area contributed by atoms with Gasteiger partial charge in [-0.3, -0.25) is 4.79 Å². The zero-order valence-electron chi connectivity index (χ0n) is 22.3. The van der Waals surface area contributed by atoms with E-state index in [9.17, 15) is 18.0 Å². The van der Waals surface area contributed by atoms with Crippen LogP contribution in [-0.4, -0.2) is 52.4 Å². The number of rotatable bonds is 13. The van der Waals surface area contributed by atoms with Gasteiger partial charge >= 0.3 is 16.1 Å². The molecule has 39 heavy (non-hydrogen) atoms. The van der Waals surface area contributed by atoms with Gasteiger partial charge in [0.25, 0.3) is 5.91 Å². The smallest absolute Gasteiger partial charge is 0.335 e. The number of nitrogens with zero attached hydrogens (tertiary/aromatic N) is 1. The normalized spacial score (nSPS) is 12.2. The molecule has 1 amide bonds. The summed E-state index contributed by atoms with van der Waals surface area (Å²) in [5.74, 6) is -0.334. The van der Waals surface area contributed by atoms with E-state index in [2.05, 4.69) is 0 Å².